The lowest BCUT2D eigenvalue weighted by Crippen LogP contribution is -2.52. The Labute approximate surface area is 161 Å². The number of hydrogen-bond donors (Lipinski definition) is 1. The summed E-state index contributed by atoms with van der Waals surface area (Å²) in [6, 6.07) is 8.20. The summed E-state index contributed by atoms with van der Waals surface area (Å²) in [5, 5.41) is 2.85. The molecule has 2 aliphatic rings. The number of piperazine rings is 1. The summed E-state index contributed by atoms with van der Waals surface area (Å²) >= 11 is 0. The van der Waals surface area contributed by atoms with Gasteiger partial charge in [0.05, 0.1) is 19.7 Å². The van der Waals surface area contributed by atoms with Crippen LogP contribution in [-0.2, 0) is 20.7 Å². The quantitative estimate of drug-likeness (QED) is 0.698. The Bertz CT molecular complexity index is 644. The second-order valence-electron chi connectivity index (χ2n) is 7.17. The van der Waals surface area contributed by atoms with Crippen molar-refractivity contribution in [2.75, 3.05) is 71.0 Å². The number of carbonyl (C=O) groups excluding carboxylic acids is 2. The van der Waals surface area contributed by atoms with E-state index in [1.54, 1.807) is 7.11 Å². The maximum Gasteiger partial charge on any atom is 0.241 e. The van der Waals surface area contributed by atoms with Crippen LogP contribution in [0.3, 0.4) is 0 Å². The van der Waals surface area contributed by atoms with E-state index in [9.17, 15) is 9.59 Å². The first kappa shape index (κ1) is 19.8. The standard InChI is InChI=1S/C20H30N4O3/c1-27-14-8-21-19(25)15-22-10-12-23(13-11-22)16-20(26)24-9-4-6-17-5-2-3-7-18(17)24/h2-3,5,7H,4,6,8-16H2,1H3,(H,21,25). The van der Waals surface area contributed by atoms with Gasteiger partial charge in [-0.05, 0) is 24.5 Å². The number of ether oxygens (including phenoxy) is 1. The maximum atomic E-state index is 12.8. The van der Waals surface area contributed by atoms with Gasteiger partial charge in [0, 0.05) is 52.1 Å². The molecule has 1 aromatic carbocycles. The number of anilines is 1. The molecule has 1 N–H and O–H groups in total. The average molecular weight is 374 g/mol. The van der Waals surface area contributed by atoms with Crippen molar-refractivity contribution in [3.63, 3.8) is 0 Å². The van der Waals surface area contributed by atoms with Crippen LogP contribution in [0, 0.1) is 0 Å². The van der Waals surface area contributed by atoms with Crippen LogP contribution in [-0.4, -0.2) is 87.7 Å². The number of hydrogen-bond acceptors (Lipinski definition) is 5. The Morgan fingerprint density at radius 2 is 1.74 bits per heavy atom. The number of benzene rings is 1. The monoisotopic (exact) mass is 374 g/mol. The van der Waals surface area contributed by atoms with Gasteiger partial charge in [-0.15, -0.1) is 0 Å². The molecule has 2 heterocycles. The third-order valence-electron chi connectivity index (χ3n) is 5.23. The summed E-state index contributed by atoms with van der Waals surface area (Å²) in [5.41, 5.74) is 2.33. The van der Waals surface area contributed by atoms with Crippen LogP contribution in [0.2, 0.25) is 0 Å². The van der Waals surface area contributed by atoms with Crippen LogP contribution in [0.1, 0.15) is 12.0 Å². The fraction of sp³-hybridized carbons (Fsp3) is 0.600. The van der Waals surface area contributed by atoms with Gasteiger partial charge in [0.15, 0.2) is 0 Å². The second kappa shape index (κ2) is 9.82. The zero-order valence-electron chi connectivity index (χ0n) is 16.2. The number of aryl methyl sites for hydroxylation is 1. The Hall–Kier alpha value is -1.96. The minimum absolute atomic E-state index is 0.0292. The van der Waals surface area contributed by atoms with Crippen LogP contribution >= 0.6 is 0 Å². The molecule has 2 aliphatic heterocycles. The predicted molar refractivity (Wildman–Crippen MR) is 105 cm³/mol. The van der Waals surface area contributed by atoms with Crippen LogP contribution < -0.4 is 10.2 Å². The lowest BCUT2D eigenvalue weighted by molar-refractivity contribution is -0.124. The van der Waals surface area contributed by atoms with E-state index >= 15 is 0 Å². The van der Waals surface area contributed by atoms with Crippen molar-refractivity contribution in [2.24, 2.45) is 0 Å². The average Bonchev–Trinajstić information content (AvgIpc) is 2.69. The summed E-state index contributed by atoms with van der Waals surface area (Å²) in [4.78, 5) is 31.0. The van der Waals surface area contributed by atoms with Crippen LogP contribution in [0.4, 0.5) is 5.69 Å². The fourth-order valence-corrected chi connectivity index (χ4v) is 3.73. The third kappa shape index (κ3) is 5.51. The molecule has 7 nitrogen and oxygen atoms in total. The summed E-state index contributed by atoms with van der Waals surface area (Å²) in [6.45, 7) is 5.97. The van der Waals surface area contributed by atoms with Crippen molar-refractivity contribution < 1.29 is 14.3 Å². The lowest BCUT2D eigenvalue weighted by atomic mass is 10.0. The summed E-state index contributed by atoms with van der Waals surface area (Å²) in [6.07, 6.45) is 2.07. The SMILES string of the molecule is COCCNC(=O)CN1CCN(CC(=O)N2CCCc3ccccc32)CC1. The van der Waals surface area contributed by atoms with Gasteiger partial charge in [-0.1, -0.05) is 18.2 Å². The number of fused-ring (bicyclic) bond motifs is 1. The number of methoxy groups -OCH3 is 1. The smallest absolute Gasteiger partial charge is 0.241 e. The van der Waals surface area contributed by atoms with Gasteiger partial charge in [0.25, 0.3) is 0 Å². The third-order valence-corrected chi connectivity index (χ3v) is 5.23. The molecule has 1 fully saturated rings. The first-order valence-electron chi connectivity index (χ1n) is 9.76. The first-order chi connectivity index (χ1) is 13.2. The highest BCUT2D eigenvalue weighted by molar-refractivity contribution is 5.96. The van der Waals surface area contributed by atoms with Crippen LogP contribution in [0.5, 0.6) is 0 Å². The first-order valence-corrected chi connectivity index (χ1v) is 9.76. The van der Waals surface area contributed by atoms with Crippen LogP contribution in [0.15, 0.2) is 24.3 Å². The van der Waals surface area contributed by atoms with Gasteiger partial charge >= 0.3 is 0 Å². The molecule has 0 aromatic heterocycles. The van der Waals surface area contributed by atoms with Gasteiger partial charge in [-0.2, -0.15) is 0 Å². The fourth-order valence-electron chi connectivity index (χ4n) is 3.73. The Morgan fingerprint density at radius 1 is 1.04 bits per heavy atom. The van der Waals surface area contributed by atoms with Gasteiger partial charge in [0.2, 0.25) is 11.8 Å². The maximum absolute atomic E-state index is 12.8. The number of para-hydroxylation sites is 1. The molecule has 27 heavy (non-hydrogen) atoms. The van der Waals surface area contributed by atoms with Crippen molar-refractivity contribution in [1.29, 1.82) is 0 Å². The van der Waals surface area contributed by atoms with Gasteiger partial charge in [0.1, 0.15) is 0 Å². The van der Waals surface area contributed by atoms with Gasteiger partial charge in [-0.25, -0.2) is 0 Å². The molecule has 148 valence electrons. The Kier molecular flexibility index (Phi) is 7.20. The molecule has 0 aliphatic carbocycles. The molecular formula is C20H30N4O3. The van der Waals surface area contributed by atoms with Crippen molar-refractivity contribution in [3.05, 3.63) is 29.8 Å². The minimum Gasteiger partial charge on any atom is -0.383 e. The highest BCUT2D eigenvalue weighted by Crippen LogP contribution is 2.26. The molecule has 7 heteroatoms. The molecule has 3 rings (SSSR count). The Balaban J connectivity index is 1.43. The zero-order chi connectivity index (χ0) is 19.1. The number of nitrogens with zero attached hydrogens (tertiary/aromatic N) is 3. The minimum atomic E-state index is 0.0292. The summed E-state index contributed by atoms with van der Waals surface area (Å²) < 4.78 is 4.93. The summed E-state index contributed by atoms with van der Waals surface area (Å²) in [7, 11) is 1.62. The molecule has 2 amide bonds. The summed E-state index contributed by atoms with van der Waals surface area (Å²) in [5.74, 6) is 0.203. The zero-order valence-corrected chi connectivity index (χ0v) is 16.2. The van der Waals surface area contributed by atoms with E-state index in [1.807, 2.05) is 23.1 Å². The topological polar surface area (TPSA) is 65.1 Å². The molecule has 0 bridgehead atoms. The van der Waals surface area contributed by atoms with E-state index in [2.05, 4.69) is 21.2 Å². The van der Waals surface area contributed by atoms with Crippen molar-refractivity contribution in [1.82, 2.24) is 15.1 Å². The normalized spacial score (nSPS) is 18.2. The largest absolute Gasteiger partial charge is 0.383 e. The molecule has 1 saturated heterocycles. The number of rotatable bonds is 7. The highest BCUT2D eigenvalue weighted by Gasteiger charge is 2.26. The second-order valence-corrected chi connectivity index (χ2v) is 7.17. The van der Waals surface area contributed by atoms with Crippen LogP contribution in [0.25, 0.3) is 0 Å². The Morgan fingerprint density at radius 3 is 2.48 bits per heavy atom. The van der Waals surface area contributed by atoms with E-state index in [-0.39, 0.29) is 11.8 Å². The lowest BCUT2D eigenvalue weighted by Gasteiger charge is -2.36. The molecular weight excluding hydrogens is 344 g/mol. The van der Waals surface area contributed by atoms with E-state index < -0.39 is 0 Å². The van der Waals surface area contributed by atoms with E-state index in [1.165, 1.54) is 5.56 Å². The number of amides is 2. The van der Waals surface area contributed by atoms with Gasteiger partial charge in [-0.3, -0.25) is 19.4 Å². The van der Waals surface area contributed by atoms with Crippen molar-refractivity contribution >= 4 is 17.5 Å². The van der Waals surface area contributed by atoms with E-state index in [0.29, 0.717) is 26.2 Å². The predicted octanol–water partition coefficient (Wildman–Crippen LogP) is 0.346. The van der Waals surface area contributed by atoms with Crippen molar-refractivity contribution in [3.8, 4) is 0 Å². The molecule has 0 atom stereocenters. The molecule has 1 aromatic rings. The molecule has 0 unspecified atom stereocenters. The number of nitrogens with one attached hydrogen (secondary N) is 1. The highest BCUT2D eigenvalue weighted by atomic mass is 16.5. The van der Waals surface area contributed by atoms with E-state index in [0.717, 1.165) is 51.3 Å². The number of carbonyl (C=O) groups is 2. The van der Waals surface area contributed by atoms with Gasteiger partial charge < -0.3 is 15.0 Å². The van der Waals surface area contributed by atoms with E-state index in [4.69, 9.17) is 4.74 Å². The molecule has 0 radical (unpaired) electrons. The van der Waals surface area contributed by atoms with Crippen molar-refractivity contribution in [2.45, 2.75) is 12.8 Å². The molecule has 0 saturated carbocycles. The molecule has 0 spiro atoms.